The van der Waals surface area contributed by atoms with E-state index in [4.69, 9.17) is 22.1 Å². The van der Waals surface area contributed by atoms with Crippen molar-refractivity contribution in [1.29, 1.82) is 5.26 Å². The first-order valence-electron chi connectivity index (χ1n) is 14.2. The van der Waals surface area contributed by atoms with Gasteiger partial charge in [-0.2, -0.15) is 5.26 Å². The molecule has 2 atom stereocenters. The number of hydrogen-bond acceptors (Lipinski definition) is 8. The van der Waals surface area contributed by atoms with E-state index in [1.807, 2.05) is 6.07 Å². The summed E-state index contributed by atoms with van der Waals surface area (Å²) in [6, 6.07) is 12.1. The van der Waals surface area contributed by atoms with Crippen molar-refractivity contribution >= 4 is 27.5 Å². The first kappa shape index (κ1) is 29.8. The van der Waals surface area contributed by atoms with Gasteiger partial charge in [-0.15, -0.1) is 0 Å². The van der Waals surface area contributed by atoms with Gasteiger partial charge < -0.3 is 20.7 Å². The number of ether oxygens (including phenoxy) is 1. The second-order valence-corrected chi connectivity index (χ2v) is 13.0. The molecular formula is C29H37ClN6O4S. The highest BCUT2D eigenvalue weighted by atomic mass is 35.5. The number of carbonyl (C=O) groups excluding carboxylic acids is 1. The molecule has 12 heteroatoms. The third-order valence-electron chi connectivity index (χ3n) is 8.22. The Morgan fingerprint density at radius 3 is 2.51 bits per heavy atom. The predicted molar refractivity (Wildman–Crippen MR) is 156 cm³/mol. The Kier molecular flexibility index (Phi) is 9.49. The van der Waals surface area contributed by atoms with Gasteiger partial charge in [-0.1, -0.05) is 11.6 Å². The molecule has 10 nitrogen and oxygen atoms in total. The van der Waals surface area contributed by atoms with Crippen molar-refractivity contribution in [1.82, 2.24) is 19.8 Å². The van der Waals surface area contributed by atoms with Gasteiger partial charge in [-0.25, -0.2) is 13.1 Å². The smallest absolute Gasteiger partial charge is 0.240 e. The summed E-state index contributed by atoms with van der Waals surface area (Å²) in [4.78, 5) is 16.6. The van der Waals surface area contributed by atoms with Crippen molar-refractivity contribution in [3.05, 3.63) is 58.1 Å². The lowest BCUT2D eigenvalue weighted by molar-refractivity contribution is -0.132. The molecule has 2 aromatic carbocycles. The second-order valence-electron chi connectivity index (χ2n) is 10.9. The zero-order chi connectivity index (χ0) is 29.0. The van der Waals surface area contributed by atoms with Gasteiger partial charge in [-0.05, 0) is 79.8 Å². The number of hydrogen-bond donors (Lipinski definition) is 3. The number of nitrogens with one attached hydrogen (secondary N) is 2. The van der Waals surface area contributed by atoms with Gasteiger partial charge in [0.2, 0.25) is 15.9 Å². The molecule has 0 saturated carbocycles. The van der Waals surface area contributed by atoms with Gasteiger partial charge in [0.25, 0.3) is 0 Å². The topological polar surface area (TPSA) is 141 Å². The summed E-state index contributed by atoms with van der Waals surface area (Å²) >= 11 is 6.38. The number of halogens is 1. The van der Waals surface area contributed by atoms with Crippen LogP contribution in [0.15, 0.2) is 41.3 Å². The van der Waals surface area contributed by atoms with Crippen LogP contribution in [0, 0.1) is 11.3 Å². The molecule has 2 aromatic rings. The molecule has 2 saturated heterocycles. The van der Waals surface area contributed by atoms with E-state index >= 15 is 0 Å². The summed E-state index contributed by atoms with van der Waals surface area (Å²) in [5, 5.41) is 13.6. The van der Waals surface area contributed by atoms with E-state index in [9.17, 15) is 18.5 Å². The van der Waals surface area contributed by atoms with E-state index in [1.165, 1.54) is 0 Å². The molecule has 2 aliphatic heterocycles. The number of sulfonamides is 1. The largest absolute Gasteiger partial charge is 0.484 e. The van der Waals surface area contributed by atoms with Gasteiger partial charge in [0.05, 0.1) is 22.6 Å². The summed E-state index contributed by atoms with van der Waals surface area (Å²) in [5.74, 6) is 0.618. The fourth-order valence-electron chi connectivity index (χ4n) is 6.03. The quantitative estimate of drug-likeness (QED) is 0.398. The molecule has 220 valence electrons. The van der Waals surface area contributed by atoms with Crippen LogP contribution in [0.5, 0.6) is 5.75 Å². The van der Waals surface area contributed by atoms with Crippen LogP contribution in [-0.2, 0) is 21.2 Å². The first-order valence-corrected chi connectivity index (χ1v) is 16.1. The van der Waals surface area contributed by atoms with Crippen molar-refractivity contribution < 1.29 is 17.9 Å². The first-order chi connectivity index (χ1) is 19.8. The number of amides is 1. The van der Waals surface area contributed by atoms with E-state index in [2.05, 4.69) is 21.0 Å². The molecule has 3 aliphatic rings. The molecule has 4 N–H and O–H groups in total. The Balaban J connectivity index is 1.27. The van der Waals surface area contributed by atoms with Crippen LogP contribution in [0.4, 0.5) is 0 Å². The Labute approximate surface area is 246 Å². The summed E-state index contributed by atoms with van der Waals surface area (Å²) in [7, 11) is -3.74. The van der Waals surface area contributed by atoms with Gasteiger partial charge in [0, 0.05) is 56.8 Å². The lowest BCUT2D eigenvalue weighted by Crippen LogP contribution is -2.50. The Hall–Kier alpha value is -2.72. The highest BCUT2D eigenvalue weighted by molar-refractivity contribution is 7.89. The second kappa shape index (κ2) is 13.1. The number of piperidine rings is 1. The summed E-state index contributed by atoms with van der Waals surface area (Å²) in [6.07, 6.45) is 2.56. The summed E-state index contributed by atoms with van der Waals surface area (Å²) in [5.41, 5.74) is 7.93. The molecule has 1 amide bonds. The van der Waals surface area contributed by atoms with Crippen LogP contribution >= 0.6 is 11.6 Å². The van der Waals surface area contributed by atoms with Crippen LogP contribution in [0.3, 0.4) is 0 Å². The number of likely N-dealkylation sites (tertiary alicyclic amines) is 1. The minimum absolute atomic E-state index is 0.0378. The SMILES string of the molecule is N#Cc1cc(Cl)cc2c1C[C@H](N1CCNCC1)[C@H]2Oc1ccc(S(=O)(=O)NC2CCN(C(=O)CCCN)CC2)cc1. The van der Waals surface area contributed by atoms with Crippen molar-refractivity contribution in [3.63, 3.8) is 0 Å². The van der Waals surface area contributed by atoms with Gasteiger partial charge in [0.1, 0.15) is 11.9 Å². The maximum atomic E-state index is 13.1. The Morgan fingerprint density at radius 1 is 1.15 bits per heavy atom. The van der Waals surface area contributed by atoms with Crippen LogP contribution in [0.2, 0.25) is 5.02 Å². The van der Waals surface area contributed by atoms with Crippen molar-refractivity contribution in [3.8, 4) is 11.8 Å². The van der Waals surface area contributed by atoms with Crippen LogP contribution in [0.25, 0.3) is 0 Å². The third-order valence-corrected chi connectivity index (χ3v) is 9.98. The van der Waals surface area contributed by atoms with Crippen LogP contribution in [0.1, 0.15) is 48.5 Å². The lowest BCUT2D eigenvalue weighted by atomic mass is 10.0. The molecule has 0 radical (unpaired) electrons. The van der Waals surface area contributed by atoms with E-state index in [0.29, 0.717) is 68.1 Å². The maximum absolute atomic E-state index is 13.1. The summed E-state index contributed by atoms with van der Waals surface area (Å²) < 4.78 is 35.6. The Bertz CT molecular complexity index is 1380. The lowest BCUT2D eigenvalue weighted by Gasteiger charge is -2.36. The molecule has 0 unspecified atom stereocenters. The van der Waals surface area contributed by atoms with Crippen molar-refractivity contribution in [2.24, 2.45) is 5.73 Å². The average molecular weight is 601 g/mol. The predicted octanol–water partition coefficient (Wildman–Crippen LogP) is 2.17. The van der Waals surface area contributed by atoms with E-state index in [0.717, 1.165) is 37.3 Å². The molecule has 2 fully saturated rings. The van der Waals surface area contributed by atoms with E-state index in [-0.39, 0.29) is 29.0 Å². The average Bonchev–Trinajstić information content (AvgIpc) is 3.34. The fourth-order valence-corrected chi connectivity index (χ4v) is 7.56. The van der Waals surface area contributed by atoms with Gasteiger partial charge in [0.15, 0.2) is 0 Å². The summed E-state index contributed by atoms with van der Waals surface area (Å²) in [6.45, 7) is 5.04. The standard InChI is InChI=1S/C29H37ClN6O4S/c30-21-16-20(19-32)25-18-27(35-14-10-33-11-15-35)29(26(25)17-21)40-23-3-5-24(6-4-23)41(38,39)34-22-7-12-36(13-8-22)28(37)2-1-9-31/h3-6,16-17,22,27,29,33-34H,1-2,7-15,18,31H2/t27-,29-/m0/s1. The highest BCUT2D eigenvalue weighted by Crippen LogP contribution is 2.41. The monoisotopic (exact) mass is 600 g/mol. The molecule has 5 rings (SSSR count). The molecule has 41 heavy (non-hydrogen) atoms. The number of nitrogens with zero attached hydrogens (tertiary/aromatic N) is 3. The minimum Gasteiger partial charge on any atom is -0.484 e. The zero-order valence-corrected chi connectivity index (χ0v) is 24.6. The van der Waals surface area contributed by atoms with E-state index in [1.54, 1.807) is 35.2 Å². The van der Waals surface area contributed by atoms with Crippen molar-refractivity contribution in [2.75, 3.05) is 45.8 Å². The molecule has 0 aromatic heterocycles. The number of rotatable bonds is 9. The molecule has 1 aliphatic carbocycles. The number of nitriles is 1. The minimum atomic E-state index is -3.74. The number of carbonyl (C=O) groups is 1. The van der Waals surface area contributed by atoms with Crippen molar-refractivity contribution in [2.45, 2.75) is 55.2 Å². The molecule has 0 spiro atoms. The number of piperazine rings is 1. The van der Waals surface area contributed by atoms with Crippen LogP contribution < -0.4 is 20.5 Å². The van der Waals surface area contributed by atoms with Gasteiger partial charge >= 0.3 is 0 Å². The molecule has 0 bridgehead atoms. The normalized spacial score (nSPS) is 21.8. The molecule has 2 heterocycles. The number of benzene rings is 2. The number of fused-ring (bicyclic) bond motifs is 1. The highest BCUT2D eigenvalue weighted by Gasteiger charge is 2.40. The fraction of sp³-hybridized carbons (Fsp3) is 0.517. The zero-order valence-electron chi connectivity index (χ0n) is 23.0. The van der Waals surface area contributed by atoms with Gasteiger partial charge in [-0.3, -0.25) is 9.69 Å². The number of nitrogens with two attached hydrogens (primary N) is 1. The van der Waals surface area contributed by atoms with Crippen LogP contribution in [-0.4, -0.2) is 82.0 Å². The Morgan fingerprint density at radius 2 is 1.85 bits per heavy atom. The molecular weight excluding hydrogens is 564 g/mol. The van der Waals surface area contributed by atoms with E-state index < -0.39 is 10.0 Å². The maximum Gasteiger partial charge on any atom is 0.240 e. The third kappa shape index (κ3) is 6.85.